The van der Waals surface area contributed by atoms with Crippen LogP contribution < -0.4 is 5.73 Å². The number of likely N-dealkylation sites (N-methyl/N-ethyl adjacent to an activating group) is 1. The van der Waals surface area contributed by atoms with Crippen molar-refractivity contribution >= 4 is 11.7 Å². The first-order valence-electron chi connectivity index (χ1n) is 6.21. The number of carbonyl (C=O) groups is 1. The molecule has 2 N–H and O–H groups in total. The standard InChI is InChI=1S/C13H20N4O/c1-9-7-17(8-10(2)16(9)3)13(18)11-4-5-15-12(14)6-11/h4-6,9-10H,7-8H2,1-3H3,(H2,14,15). The molecule has 2 rings (SSSR count). The first kappa shape index (κ1) is 12.8. The molecule has 0 saturated carbocycles. The van der Waals surface area contributed by atoms with Crippen LogP contribution in [0.15, 0.2) is 18.3 Å². The Morgan fingerprint density at radius 2 is 2.00 bits per heavy atom. The molecule has 2 unspecified atom stereocenters. The van der Waals surface area contributed by atoms with Crippen molar-refractivity contribution in [3.05, 3.63) is 23.9 Å². The Hall–Kier alpha value is -1.62. The monoisotopic (exact) mass is 248 g/mol. The number of amides is 1. The SMILES string of the molecule is CC1CN(C(=O)c2ccnc(N)c2)CC(C)N1C. The predicted octanol–water partition coefficient (Wildman–Crippen LogP) is 0.828. The number of nitrogen functional groups attached to an aromatic ring is 1. The highest BCUT2D eigenvalue weighted by molar-refractivity contribution is 5.94. The van der Waals surface area contributed by atoms with E-state index in [1.165, 1.54) is 0 Å². The molecule has 2 heterocycles. The van der Waals surface area contributed by atoms with Crippen LogP contribution in [-0.2, 0) is 0 Å². The topological polar surface area (TPSA) is 62.5 Å². The van der Waals surface area contributed by atoms with E-state index in [-0.39, 0.29) is 5.91 Å². The Labute approximate surface area is 108 Å². The summed E-state index contributed by atoms with van der Waals surface area (Å²) in [7, 11) is 2.10. The van der Waals surface area contributed by atoms with Gasteiger partial charge in [0.25, 0.3) is 5.91 Å². The van der Waals surface area contributed by atoms with E-state index in [4.69, 9.17) is 5.73 Å². The van der Waals surface area contributed by atoms with Gasteiger partial charge >= 0.3 is 0 Å². The molecule has 0 bridgehead atoms. The van der Waals surface area contributed by atoms with Crippen molar-refractivity contribution in [3.63, 3.8) is 0 Å². The maximum Gasteiger partial charge on any atom is 0.254 e. The molecule has 1 aliphatic rings. The van der Waals surface area contributed by atoms with Crippen molar-refractivity contribution in [1.29, 1.82) is 0 Å². The smallest absolute Gasteiger partial charge is 0.254 e. The van der Waals surface area contributed by atoms with E-state index < -0.39 is 0 Å². The molecule has 98 valence electrons. The lowest BCUT2D eigenvalue weighted by Crippen LogP contribution is -2.56. The number of carbonyl (C=O) groups excluding carboxylic acids is 1. The van der Waals surface area contributed by atoms with Crippen molar-refractivity contribution in [2.45, 2.75) is 25.9 Å². The second-order valence-corrected chi connectivity index (χ2v) is 5.04. The fourth-order valence-corrected chi connectivity index (χ4v) is 2.33. The van der Waals surface area contributed by atoms with Crippen LogP contribution in [0.5, 0.6) is 0 Å². The summed E-state index contributed by atoms with van der Waals surface area (Å²) in [5.74, 6) is 0.423. The first-order valence-corrected chi connectivity index (χ1v) is 6.21. The Morgan fingerprint density at radius 1 is 1.39 bits per heavy atom. The number of pyridine rings is 1. The highest BCUT2D eigenvalue weighted by Gasteiger charge is 2.29. The van der Waals surface area contributed by atoms with Crippen LogP contribution >= 0.6 is 0 Å². The van der Waals surface area contributed by atoms with Gasteiger partial charge < -0.3 is 10.6 Å². The summed E-state index contributed by atoms with van der Waals surface area (Å²) in [4.78, 5) is 20.5. The van der Waals surface area contributed by atoms with Gasteiger partial charge in [-0.25, -0.2) is 4.98 Å². The minimum absolute atomic E-state index is 0.0379. The summed E-state index contributed by atoms with van der Waals surface area (Å²) < 4.78 is 0. The van der Waals surface area contributed by atoms with Gasteiger partial charge in [0.05, 0.1) is 0 Å². The molecule has 0 aromatic carbocycles. The van der Waals surface area contributed by atoms with E-state index >= 15 is 0 Å². The van der Waals surface area contributed by atoms with Crippen molar-refractivity contribution in [3.8, 4) is 0 Å². The van der Waals surface area contributed by atoms with Crippen LogP contribution in [0.25, 0.3) is 0 Å². The van der Waals surface area contributed by atoms with Gasteiger partial charge in [0.2, 0.25) is 0 Å². The van der Waals surface area contributed by atoms with Crippen LogP contribution in [0, 0.1) is 0 Å². The van der Waals surface area contributed by atoms with Gasteiger partial charge in [-0.2, -0.15) is 0 Å². The van der Waals surface area contributed by atoms with E-state index in [1.54, 1.807) is 18.3 Å². The van der Waals surface area contributed by atoms with E-state index in [0.717, 1.165) is 13.1 Å². The van der Waals surface area contributed by atoms with E-state index in [0.29, 0.717) is 23.5 Å². The molecule has 5 heteroatoms. The number of rotatable bonds is 1. The molecule has 1 fully saturated rings. The Balaban J connectivity index is 2.15. The Morgan fingerprint density at radius 3 is 2.56 bits per heavy atom. The first-order chi connectivity index (χ1) is 8.49. The molecule has 1 aromatic rings. The fraction of sp³-hybridized carbons (Fsp3) is 0.538. The molecule has 0 aliphatic carbocycles. The second-order valence-electron chi connectivity index (χ2n) is 5.04. The maximum atomic E-state index is 12.4. The van der Waals surface area contributed by atoms with E-state index in [1.807, 2.05) is 4.90 Å². The number of piperazine rings is 1. The molecule has 1 aliphatic heterocycles. The lowest BCUT2D eigenvalue weighted by atomic mass is 10.1. The van der Waals surface area contributed by atoms with Crippen LogP contribution in [0.4, 0.5) is 5.82 Å². The van der Waals surface area contributed by atoms with Gasteiger partial charge in [-0.1, -0.05) is 0 Å². The molecular weight excluding hydrogens is 228 g/mol. The summed E-state index contributed by atoms with van der Waals surface area (Å²) >= 11 is 0. The fourth-order valence-electron chi connectivity index (χ4n) is 2.33. The summed E-state index contributed by atoms with van der Waals surface area (Å²) in [6, 6.07) is 4.09. The lowest BCUT2D eigenvalue weighted by molar-refractivity contribution is 0.0414. The van der Waals surface area contributed by atoms with E-state index in [2.05, 4.69) is 30.8 Å². The third-order valence-corrected chi connectivity index (χ3v) is 3.67. The normalized spacial score (nSPS) is 25.2. The summed E-state index contributed by atoms with van der Waals surface area (Å²) in [5, 5.41) is 0. The highest BCUT2D eigenvalue weighted by Crippen LogP contribution is 2.16. The average molecular weight is 248 g/mol. The second kappa shape index (κ2) is 4.94. The average Bonchev–Trinajstić information content (AvgIpc) is 2.34. The maximum absolute atomic E-state index is 12.4. The minimum Gasteiger partial charge on any atom is -0.384 e. The summed E-state index contributed by atoms with van der Waals surface area (Å²) in [5.41, 5.74) is 6.23. The largest absolute Gasteiger partial charge is 0.384 e. The minimum atomic E-state index is 0.0379. The zero-order valence-corrected chi connectivity index (χ0v) is 11.1. The molecule has 2 atom stereocenters. The molecule has 0 spiro atoms. The number of aromatic nitrogens is 1. The Bertz CT molecular complexity index is 436. The molecule has 5 nitrogen and oxygen atoms in total. The molecule has 18 heavy (non-hydrogen) atoms. The van der Waals surface area contributed by atoms with Gasteiger partial charge in [0.1, 0.15) is 5.82 Å². The van der Waals surface area contributed by atoms with Gasteiger partial charge in [-0.3, -0.25) is 9.69 Å². The zero-order valence-electron chi connectivity index (χ0n) is 11.1. The van der Waals surface area contributed by atoms with Gasteiger partial charge in [0.15, 0.2) is 0 Å². The predicted molar refractivity (Wildman–Crippen MR) is 71.2 cm³/mol. The summed E-state index contributed by atoms with van der Waals surface area (Å²) in [6.07, 6.45) is 1.57. The van der Waals surface area contributed by atoms with Crippen LogP contribution in [0.3, 0.4) is 0 Å². The molecule has 0 radical (unpaired) electrons. The number of hydrogen-bond acceptors (Lipinski definition) is 4. The quantitative estimate of drug-likeness (QED) is 0.799. The van der Waals surface area contributed by atoms with Gasteiger partial charge in [-0.05, 0) is 33.0 Å². The number of hydrogen-bond donors (Lipinski definition) is 1. The van der Waals surface area contributed by atoms with Crippen LogP contribution in [-0.4, -0.2) is 52.9 Å². The summed E-state index contributed by atoms with van der Waals surface area (Å²) in [6.45, 7) is 5.78. The van der Waals surface area contributed by atoms with Crippen molar-refractivity contribution in [1.82, 2.24) is 14.8 Å². The Kier molecular flexibility index (Phi) is 3.52. The van der Waals surface area contributed by atoms with E-state index in [9.17, 15) is 4.79 Å². The lowest BCUT2D eigenvalue weighted by Gasteiger charge is -2.42. The van der Waals surface area contributed by atoms with Crippen LogP contribution in [0.1, 0.15) is 24.2 Å². The van der Waals surface area contributed by atoms with Crippen molar-refractivity contribution in [2.24, 2.45) is 0 Å². The zero-order chi connectivity index (χ0) is 13.3. The molecular formula is C13H20N4O. The van der Waals surface area contributed by atoms with Gasteiger partial charge in [0, 0.05) is 36.9 Å². The highest BCUT2D eigenvalue weighted by atomic mass is 16.2. The number of nitrogens with zero attached hydrogens (tertiary/aromatic N) is 3. The number of nitrogens with two attached hydrogens (primary N) is 1. The molecule has 1 aromatic heterocycles. The van der Waals surface area contributed by atoms with Crippen molar-refractivity contribution < 1.29 is 4.79 Å². The molecule has 1 saturated heterocycles. The van der Waals surface area contributed by atoms with Crippen LogP contribution in [0.2, 0.25) is 0 Å². The van der Waals surface area contributed by atoms with Crippen molar-refractivity contribution in [2.75, 3.05) is 25.9 Å². The third-order valence-electron chi connectivity index (χ3n) is 3.67. The van der Waals surface area contributed by atoms with Gasteiger partial charge in [-0.15, -0.1) is 0 Å². The third kappa shape index (κ3) is 2.46. The molecule has 1 amide bonds. The number of anilines is 1.